The molecule has 0 bridgehead atoms. The standard InChI is InChI=1S/C11H7ClF3N3/c12-9-2-1-6(11(13,14)15)3-8(9)10-17-4-7(16)5-18-10/h1-5H,16H2. The van der Waals surface area contributed by atoms with Gasteiger partial charge in [0.05, 0.1) is 28.7 Å². The average molecular weight is 274 g/mol. The molecule has 94 valence electrons. The summed E-state index contributed by atoms with van der Waals surface area (Å²) >= 11 is 5.84. The first-order valence-corrected chi connectivity index (χ1v) is 5.20. The molecule has 0 atom stereocenters. The van der Waals surface area contributed by atoms with Crippen LogP contribution in [0.2, 0.25) is 5.02 Å². The first-order chi connectivity index (χ1) is 8.38. The van der Waals surface area contributed by atoms with Gasteiger partial charge in [-0.3, -0.25) is 0 Å². The van der Waals surface area contributed by atoms with Gasteiger partial charge in [-0.05, 0) is 18.2 Å². The molecule has 0 unspecified atom stereocenters. The van der Waals surface area contributed by atoms with Gasteiger partial charge in [-0.15, -0.1) is 0 Å². The summed E-state index contributed by atoms with van der Waals surface area (Å²) in [5.74, 6) is 0.0975. The number of aromatic nitrogens is 2. The zero-order valence-electron chi connectivity index (χ0n) is 8.87. The van der Waals surface area contributed by atoms with Crippen molar-refractivity contribution in [3.8, 4) is 11.4 Å². The minimum Gasteiger partial charge on any atom is -0.396 e. The molecule has 1 heterocycles. The number of rotatable bonds is 1. The third-order valence-corrected chi connectivity index (χ3v) is 2.54. The molecule has 0 fully saturated rings. The molecule has 0 radical (unpaired) electrons. The van der Waals surface area contributed by atoms with Gasteiger partial charge in [-0.2, -0.15) is 13.2 Å². The van der Waals surface area contributed by atoms with E-state index in [1.54, 1.807) is 0 Å². The SMILES string of the molecule is Nc1cnc(-c2cc(C(F)(F)F)ccc2Cl)nc1. The summed E-state index contributed by atoms with van der Waals surface area (Å²) in [6.45, 7) is 0. The van der Waals surface area contributed by atoms with Crippen LogP contribution >= 0.6 is 11.6 Å². The molecule has 2 aromatic rings. The number of nitrogens with zero attached hydrogens (tertiary/aromatic N) is 2. The van der Waals surface area contributed by atoms with Crippen molar-refractivity contribution in [3.05, 3.63) is 41.2 Å². The lowest BCUT2D eigenvalue weighted by atomic mass is 10.1. The van der Waals surface area contributed by atoms with Crippen LogP contribution in [0.15, 0.2) is 30.6 Å². The van der Waals surface area contributed by atoms with Gasteiger partial charge >= 0.3 is 6.18 Å². The van der Waals surface area contributed by atoms with Gasteiger partial charge in [-0.1, -0.05) is 11.6 Å². The molecule has 7 heteroatoms. The fourth-order valence-electron chi connectivity index (χ4n) is 1.35. The van der Waals surface area contributed by atoms with Crippen molar-refractivity contribution in [3.63, 3.8) is 0 Å². The smallest absolute Gasteiger partial charge is 0.396 e. The molecular formula is C11H7ClF3N3. The second-order valence-corrected chi connectivity index (χ2v) is 3.94. The molecule has 1 aromatic carbocycles. The monoisotopic (exact) mass is 273 g/mol. The van der Waals surface area contributed by atoms with Crippen LogP contribution in [0.4, 0.5) is 18.9 Å². The highest BCUT2D eigenvalue weighted by Gasteiger charge is 2.31. The molecule has 0 aliphatic rings. The molecule has 0 amide bonds. The van der Waals surface area contributed by atoms with E-state index in [2.05, 4.69) is 9.97 Å². The predicted molar refractivity (Wildman–Crippen MR) is 61.9 cm³/mol. The van der Waals surface area contributed by atoms with Gasteiger partial charge in [0, 0.05) is 5.56 Å². The van der Waals surface area contributed by atoms with Crippen LogP contribution in [-0.4, -0.2) is 9.97 Å². The Morgan fingerprint density at radius 1 is 1.11 bits per heavy atom. The number of benzene rings is 1. The van der Waals surface area contributed by atoms with Crippen LogP contribution in [0.25, 0.3) is 11.4 Å². The van der Waals surface area contributed by atoms with Gasteiger partial charge in [0.1, 0.15) is 0 Å². The van der Waals surface area contributed by atoms with Crippen molar-refractivity contribution in [2.75, 3.05) is 5.73 Å². The Morgan fingerprint density at radius 2 is 1.72 bits per heavy atom. The number of nitrogens with two attached hydrogens (primary N) is 1. The van der Waals surface area contributed by atoms with Crippen LogP contribution < -0.4 is 5.73 Å². The molecule has 2 N–H and O–H groups in total. The summed E-state index contributed by atoms with van der Waals surface area (Å²) < 4.78 is 37.7. The van der Waals surface area contributed by atoms with Gasteiger partial charge in [0.15, 0.2) is 5.82 Å². The fourth-order valence-corrected chi connectivity index (χ4v) is 1.55. The Bertz CT molecular complexity index is 567. The number of anilines is 1. The maximum atomic E-state index is 12.6. The molecule has 0 aliphatic carbocycles. The van der Waals surface area contributed by atoms with Crippen molar-refractivity contribution in [2.45, 2.75) is 6.18 Å². The molecule has 0 saturated heterocycles. The summed E-state index contributed by atoms with van der Waals surface area (Å²) in [5, 5.41) is 0.146. The Hall–Kier alpha value is -1.82. The van der Waals surface area contributed by atoms with E-state index < -0.39 is 11.7 Å². The van der Waals surface area contributed by atoms with E-state index in [0.29, 0.717) is 5.69 Å². The van der Waals surface area contributed by atoms with Crippen molar-refractivity contribution in [1.29, 1.82) is 0 Å². The molecule has 0 spiro atoms. The van der Waals surface area contributed by atoms with Gasteiger partial charge in [-0.25, -0.2) is 9.97 Å². The summed E-state index contributed by atoms with van der Waals surface area (Å²) in [4.78, 5) is 7.69. The number of hydrogen-bond donors (Lipinski definition) is 1. The predicted octanol–water partition coefficient (Wildman–Crippen LogP) is 3.40. The van der Waals surface area contributed by atoms with Gasteiger partial charge in [0.2, 0.25) is 0 Å². The van der Waals surface area contributed by atoms with Crippen LogP contribution in [0, 0.1) is 0 Å². The lowest BCUT2D eigenvalue weighted by molar-refractivity contribution is -0.137. The van der Waals surface area contributed by atoms with Gasteiger partial charge < -0.3 is 5.73 Å². The number of nitrogen functional groups attached to an aromatic ring is 1. The summed E-state index contributed by atoms with van der Waals surface area (Å²) in [7, 11) is 0. The summed E-state index contributed by atoms with van der Waals surface area (Å²) in [6.07, 6.45) is -1.83. The number of halogens is 4. The third kappa shape index (κ3) is 2.53. The maximum Gasteiger partial charge on any atom is 0.416 e. The number of hydrogen-bond acceptors (Lipinski definition) is 3. The topological polar surface area (TPSA) is 51.8 Å². The lowest BCUT2D eigenvalue weighted by Crippen LogP contribution is -2.05. The van der Waals surface area contributed by atoms with Crippen molar-refractivity contribution >= 4 is 17.3 Å². The minimum absolute atomic E-state index is 0.0975. The molecule has 3 nitrogen and oxygen atoms in total. The highest BCUT2D eigenvalue weighted by atomic mass is 35.5. The van der Waals surface area contributed by atoms with E-state index >= 15 is 0 Å². The zero-order valence-corrected chi connectivity index (χ0v) is 9.63. The van der Waals surface area contributed by atoms with Crippen LogP contribution in [-0.2, 0) is 6.18 Å². The van der Waals surface area contributed by atoms with E-state index in [-0.39, 0.29) is 16.4 Å². The largest absolute Gasteiger partial charge is 0.416 e. The van der Waals surface area contributed by atoms with Crippen molar-refractivity contribution in [1.82, 2.24) is 9.97 Å². The van der Waals surface area contributed by atoms with E-state index in [9.17, 15) is 13.2 Å². The second-order valence-electron chi connectivity index (χ2n) is 3.53. The molecule has 18 heavy (non-hydrogen) atoms. The summed E-state index contributed by atoms with van der Waals surface area (Å²) in [6, 6.07) is 2.98. The van der Waals surface area contributed by atoms with Gasteiger partial charge in [0.25, 0.3) is 0 Å². The quantitative estimate of drug-likeness (QED) is 0.866. The molecule has 0 saturated carbocycles. The molecule has 0 aliphatic heterocycles. The van der Waals surface area contributed by atoms with Crippen molar-refractivity contribution in [2.24, 2.45) is 0 Å². The Kier molecular flexibility index (Phi) is 3.13. The zero-order chi connectivity index (χ0) is 13.3. The maximum absolute atomic E-state index is 12.6. The van der Waals surface area contributed by atoms with Crippen molar-refractivity contribution < 1.29 is 13.2 Å². The third-order valence-electron chi connectivity index (χ3n) is 2.21. The van der Waals surface area contributed by atoms with Crippen LogP contribution in [0.5, 0.6) is 0 Å². The Balaban J connectivity index is 2.53. The highest BCUT2D eigenvalue weighted by Crippen LogP contribution is 2.34. The summed E-state index contributed by atoms with van der Waals surface area (Å²) in [5.41, 5.74) is 5.04. The second kappa shape index (κ2) is 4.45. The van der Waals surface area contributed by atoms with E-state index in [1.807, 2.05) is 0 Å². The number of alkyl halides is 3. The minimum atomic E-state index is -4.44. The Labute approximate surface area is 105 Å². The highest BCUT2D eigenvalue weighted by molar-refractivity contribution is 6.33. The van der Waals surface area contributed by atoms with E-state index in [4.69, 9.17) is 17.3 Å². The first kappa shape index (κ1) is 12.6. The van der Waals surface area contributed by atoms with E-state index in [0.717, 1.165) is 12.1 Å². The molecule has 2 rings (SSSR count). The van der Waals surface area contributed by atoms with Crippen LogP contribution in [0.1, 0.15) is 5.56 Å². The normalized spacial score (nSPS) is 11.6. The average Bonchev–Trinajstić information content (AvgIpc) is 2.29. The lowest BCUT2D eigenvalue weighted by Gasteiger charge is -2.09. The molecular weight excluding hydrogens is 267 g/mol. The van der Waals surface area contributed by atoms with E-state index in [1.165, 1.54) is 18.5 Å². The first-order valence-electron chi connectivity index (χ1n) is 4.82. The fraction of sp³-hybridized carbons (Fsp3) is 0.0909. The Morgan fingerprint density at radius 3 is 2.28 bits per heavy atom. The van der Waals surface area contributed by atoms with Crippen LogP contribution in [0.3, 0.4) is 0 Å². The molecule has 1 aromatic heterocycles.